The van der Waals surface area contributed by atoms with Crippen LogP contribution in [0.15, 0.2) is 41.4 Å². The molecule has 3 rings (SSSR count). The molecule has 2 heterocycles. The maximum Gasteiger partial charge on any atom is 0.191 e. The normalized spacial score (nSPS) is 17.0. The fourth-order valence-electron chi connectivity index (χ4n) is 3.48. The molecule has 1 aromatic heterocycles. The van der Waals surface area contributed by atoms with Crippen molar-refractivity contribution in [1.82, 2.24) is 10.6 Å². The average molecular weight is 401 g/mol. The van der Waals surface area contributed by atoms with Gasteiger partial charge in [0.2, 0.25) is 0 Å². The molecule has 1 aromatic carbocycles. The van der Waals surface area contributed by atoms with Crippen LogP contribution < -0.4 is 20.3 Å². The number of hydrogen-bond acceptors (Lipinski definition) is 4. The molecule has 2 N–H and O–H groups in total. The van der Waals surface area contributed by atoms with E-state index in [9.17, 15) is 0 Å². The van der Waals surface area contributed by atoms with Crippen LogP contribution in [0.2, 0.25) is 0 Å². The van der Waals surface area contributed by atoms with Crippen LogP contribution in [0.3, 0.4) is 0 Å². The first kappa shape index (κ1) is 20.5. The van der Waals surface area contributed by atoms with Crippen molar-refractivity contribution in [2.75, 3.05) is 38.2 Å². The molecule has 0 saturated carbocycles. The molecule has 0 amide bonds. The van der Waals surface area contributed by atoms with E-state index in [1.165, 1.54) is 21.9 Å². The quantitative estimate of drug-likeness (QED) is 0.521. The Morgan fingerprint density at radius 3 is 2.82 bits per heavy atom. The Bertz CT molecular complexity index is 773. The highest BCUT2D eigenvalue weighted by atomic mass is 32.1. The van der Waals surface area contributed by atoms with Gasteiger partial charge in [-0.05, 0) is 49.9 Å². The summed E-state index contributed by atoms with van der Waals surface area (Å²) in [5.41, 5.74) is 1.24. The summed E-state index contributed by atoms with van der Waals surface area (Å²) >= 11 is 1.86. The van der Waals surface area contributed by atoms with Crippen LogP contribution in [0.5, 0.6) is 5.75 Å². The summed E-state index contributed by atoms with van der Waals surface area (Å²) < 4.78 is 5.36. The molecule has 6 heteroatoms. The average Bonchev–Trinajstić information content (AvgIpc) is 3.39. The Hall–Kier alpha value is -2.21. The lowest BCUT2D eigenvalue weighted by Gasteiger charge is -2.20. The highest BCUT2D eigenvalue weighted by Gasteiger charge is 2.23. The Labute approximate surface area is 172 Å². The summed E-state index contributed by atoms with van der Waals surface area (Å²) in [6.45, 7) is 9.00. The van der Waals surface area contributed by atoms with Gasteiger partial charge in [-0.25, -0.2) is 4.99 Å². The van der Waals surface area contributed by atoms with E-state index >= 15 is 0 Å². The fourth-order valence-corrected chi connectivity index (χ4v) is 4.36. The summed E-state index contributed by atoms with van der Waals surface area (Å²) in [4.78, 5) is 9.95. The summed E-state index contributed by atoms with van der Waals surface area (Å²) in [5.74, 6) is 2.44. The van der Waals surface area contributed by atoms with Crippen LogP contribution in [-0.4, -0.2) is 39.2 Å². The molecule has 0 bridgehead atoms. The molecule has 2 aromatic rings. The number of aryl methyl sites for hydroxylation is 1. The number of guanidine groups is 1. The molecule has 1 saturated heterocycles. The highest BCUT2D eigenvalue weighted by Crippen LogP contribution is 2.26. The van der Waals surface area contributed by atoms with Crippen molar-refractivity contribution >= 4 is 23.0 Å². The standard InChI is InChI=1S/C22H32N4OS/c1-4-20-9-10-21(28-20)15-25-22(23-5-2)24-14-17-11-12-26(16-17)18-7-6-8-19(13-18)27-3/h6-10,13,17H,4-5,11-12,14-16H2,1-3H3,(H2,23,24,25). The predicted molar refractivity (Wildman–Crippen MR) is 120 cm³/mol. The van der Waals surface area contributed by atoms with Gasteiger partial charge in [0, 0.05) is 47.7 Å². The molecule has 1 aliphatic heterocycles. The molecule has 28 heavy (non-hydrogen) atoms. The third kappa shape index (κ3) is 5.64. The van der Waals surface area contributed by atoms with Crippen LogP contribution in [0.1, 0.15) is 30.0 Å². The van der Waals surface area contributed by atoms with Crippen molar-refractivity contribution in [1.29, 1.82) is 0 Å². The summed E-state index contributed by atoms with van der Waals surface area (Å²) in [6, 6.07) is 12.7. The largest absolute Gasteiger partial charge is 0.497 e. The summed E-state index contributed by atoms with van der Waals surface area (Å²) in [5, 5.41) is 6.91. The van der Waals surface area contributed by atoms with Crippen LogP contribution in [-0.2, 0) is 13.0 Å². The first-order valence-corrected chi connectivity index (χ1v) is 11.0. The molecule has 1 fully saturated rings. The van der Waals surface area contributed by atoms with E-state index in [-0.39, 0.29) is 0 Å². The third-order valence-corrected chi connectivity index (χ3v) is 6.28. The number of hydrogen-bond donors (Lipinski definition) is 2. The van der Waals surface area contributed by atoms with Crippen molar-refractivity contribution in [2.45, 2.75) is 33.2 Å². The van der Waals surface area contributed by atoms with Gasteiger partial charge in [0.05, 0.1) is 13.7 Å². The number of anilines is 1. The fraction of sp³-hybridized carbons (Fsp3) is 0.500. The van der Waals surface area contributed by atoms with Crippen molar-refractivity contribution in [3.05, 3.63) is 46.2 Å². The van der Waals surface area contributed by atoms with E-state index in [0.29, 0.717) is 5.92 Å². The number of thiophene rings is 1. The van der Waals surface area contributed by atoms with E-state index in [1.54, 1.807) is 7.11 Å². The van der Waals surface area contributed by atoms with E-state index in [0.717, 1.165) is 50.9 Å². The topological polar surface area (TPSA) is 48.9 Å². The SMILES string of the molecule is CCNC(=NCc1ccc(CC)s1)NCC1CCN(c2cccc(OC)c2)C1. The van der Waals surface area contributed by atoms with Gasteiger partial charge in [0.15, 0.2) is 5.96 Å². The maximum absolute atomic E-state index is 5.36. The van der Waals surface area contributed by atoms with Gasteiger partial charge < -0.3 is 20.3 Å². The van der Waals surface area contributed by atoms with Gasteiger partial charge in [-0.2, -0.15) is 0 Å². The van der Waals surface area contributed by atoms with Gasteiger partial charge in [0.25, 0.3) is 0 Å². The van der Waals surface area contributed by atoms with Crippen molar-refractivity contribution < 1.29 is 4.74 Å². The van der Waals surface area contributed by atoms with Crippen molar-refractivity contribution in [3.63, 3.8) is 0 Å². The van der Waals surface area contributed by atoms with Gasteiger partial charge in [-0.3, -0.25) is 0 Å². The Morgan fingerprint density at radius 1 is 1.21 bits per heavy atom. The molecule has 1 aliphatic rings. The lowest BCUT2D eigenvalue weighted by Crippen LogP contribution is -2.40. The zero-order chi connectivity index (χ0) is 19.8. The lowest BCUT2D eigenvalue weighted by molar-refractivity contribution is 0.415. The van der Waals surface area contributed by atoms with E-state index in [1.807, 2.05) is 17.4 Å². The number of aliphatic imine (C=N–C) groups is 1. The Balaban J connectivity index is 1.51. The first-order valence-electron chi connectivity index (χ1n) is 10.2. The summed E-state index contributed by atoms with van der Waals surface area (Å²) in [7, 11) is 1.72. The van der Waals surface area contributed by atoms with Crippen molar-refractivity contribution in [2.24, 2.45) is 10.9 Å². The monoisotopic (exact) mass is 400 g/mol. The van der Waals surface area contributed by atoms with Gasteiger partial charge >= 0.3 is 0 Å². The third-order valence-electron chi connectivity index (χ3n) is 5.07. The Kier molecular flexibility index (Phi) is 7.60. The molecular formula is C22H32N4OS. The van der Waals surface area contributed by atoms with Gasteiger partial charge in [-0.15, -0.1) is 11.3 Å². The minimum absolute atomic E-state index is 0.614. The van der Waals surface area contributed by atoms with Gasteiger partial charge in [-0.1, -0.05) is 13.0 Å². The molecule has 5 nitrogen and oxygen atoms in total. The second-order valence-corrected chi connectivity index (χ2v) is 8.35. The number of benzene rings is 1. The minimum Gasteiger partial charge on any atom is -0.497 e. The second kappa shape index (κ2) is 10.4. The van der Waals surface area contributed by atoms with Crippen LogP contribution >= 0.6 is 11.3 Å². The second-order valence-electron chi connectivity index (χ2n) is 7.10. The molecule has 0 spiro atoms. The molecule has 0 radical (unpaired) electrons. The number of rotatable bonds is 8. The van der Waals surface area contributed by atoms with Crippen molar-refractivity contribution in [3.8, 4) is 5.75 Å². The van der Waals surface area contributed by atoms with E-state index in [4.69, 9.17) is 9.73 Å². The zero-order valence-corrected chi connectivity index (χ0v) is 18.0. The van der Waals surface area contributed by atoms with E-state index in [2.05, 4.69) is 59.7 Å². The minimum atomic E-state index is 0.614. The summed E-state index contributed by atoms with van der Waals surface area (Å²) in [6.07, 6.45) is 2.28. The number of methoxy groups -OCH3 is 1. The van der Waals surface area contributed by atoms with Crippen LogP contribution in [0.25, 0.3) is 0 Å². The molecule has 0 aliphatic carbocycles. The maximum atomic E-state index is 5.36. The van der Waals surface area contributed by atoms with Crippen LogP contribution in [0.4, 0.5) is 5.69 Å². The molecule has 1 atom stereocenters. The number of nitrogens with one attached hydrogen (secondary N) is 2. The van der Waals surface area contributed by atoms with E-state index < -0.39 is 0 Å². The number of ether oxygens (including phenoxy) is 1. The smallest absolute Gasteiger partial charge is 0.191 e. The Morgan fingerprint density at radius 2 is 2.07 bits per heavy atom. The molecule has 152 valence electrons. The molecular weight excluding hydrogens is 368 g/mol. The number of nitrogens with zero attached hydrogens (tertiary/aromatic N) is 2. The molecule has 1 unspecified atom stereocenters. The first-order chi connectivity index (χ1) is 13.7. The highest BCUT2D eigenvalue weighted by molar-refractivity contribution is 7.11. The lowest BCUT2D eigenvalue weighted by atomic mass is 10.1. The zero-order valence-electron chi connectivity index (χ0n) is 17.2. The van der Waals surface area contributed by atoms with Crippen LogP contribution in [0, 0.1) is 5.92 Å². The van der Waals surface area contributed by atoms with Gasteiger partial charge in [0.1, 0.15) is 5.75 Å². The predicted octanol–water partition coefficient (Wildman–Crippen LogP) is 3.90.